The molecule has 0 bridgehead atoms. The number of amides is 3. The van der Waals surface area contributed by atoms with E-state index in [0.717, 1.165) is 5.56 Å². The number of rotatable bonds is 6. The summed E-state index contributed by atoms with van der Waals surface area (Å²) in [5.74, 6) is 0.330. The number of nitrogens with zero attached hydrogens (tertiary/aromatic N) is 1. The molecule has 3 amide bonds. The number of hydrogen-bond donors (Lipinski definition) is 2. The predicted octanol–water partition coefficient (Wildman–Crippen LogP) is 1.89. The van der Waals surface area contributed by atoms with Crippen molar-refractivity contribution in [1.82, 2.24) is 10.2 Å². The third kappa shape index (κ3) is 5.35. The number of benzene rings is 2. The first-order valence-corrected chi connectivity index (χ1v) is 8.89. The van der Waals surface area contributed by atoms with Crippen molar-refractivity contribution in [3.63, 3.8) is 0 Å². The SMILES string of the molecule is CN(C)C(=O)c1ccc(/C=C/C(=O)NCC(=O)Nc2ccc3c(c2)OCO3)cc1. The van der Waals surface area contributed by atoms with Gasteiger partial charge in [0.25, 0.3) is 5.91 Å². The molecule has 0 aromatic heterocycles. The number of anilines is 1. The Morgan fingerprint density at radius 3 is 2.48 bits per heavy atom. The largest absolute Gasteiger partial charge is 0.454 e. The maximum Gasteiger partial charge on any atom is 0.253 e. The van der Waals surface area contributed by atoms with Gasteiger partial charge < -0.3 is 25.0 Å². The molecule has 150 valence electrons. The number of carbonyl (C=O) groups is 3. The van der Waals surface area contributed by atoms with Crippen LogP contribution in [0.1, 0.15) is 15.9 Å². The lowest BCUT2D eigenvalue weighted by Crippen LogP contribution is -2.31. The summed E-state index contributed by atoms with van der Waals surface area (Å²) < 4.78 is 10.5. The first-order chi connectivity index (χ1) is 13.9. The van der Waals surface area contributed by atoms with Crippen LogP contribution in [0.15, 0.2) is 48.5 Å². The number of hydrogen-bond acceptors (Lipinski definition) is 5. The minimum absolute atomic E-state index is 0.0910. The van der Waals surface area contributed by atoms with Crippen molar-refractivity contribution in [3.05, 3.63) is 59.7 Å². The van der Waals surface area contributed by atoms with Crippen molar-refractivity contribution in [3.8, 4) is 11.5 Å². The van der Waals surface area contributed by atoms with Crippen molar-refractivity contribution in [2.75, 3.05) is 32.7 Å². The molecule has 2 aromatic rings. The van der Waals surface area contributed by atoms with Crippen LogP contribution in [0.25, 0.3) is 6.08 Å². The molecular weight excluding hydrogens is 374 g/mol. The fourth-order valence-corrected chi connectivity index (χ4v) is 2.57. The van der Waals surface area contributed by atoms with Crippen LogP contribution in [-0.4, -0.2) is 50.1 Å². The van der Waals surface area contributed by atoms with Crippen molar-refractivity contribution >= 4 is 29.5 Å². The Morgan fingerprint density at radius 1 is 1.03 bits per heavy atom. The normalized spacial score (nSPS) is 11.9. The number of carbonyl (C=O) groups excluding carboxylic acids is 3. The highest BCUT2D eigenvalue weighted by Crippen LogP contribution is 2.34. The van der Waals surface area contributed by atoms with Gasteiger partial charge in [-0.3, -0.25) is 14.4 Å². The van der Waals surface area contributed by atoms with E-state index < -0.39 is 5.91 Å². The third-order valence-electron chi connectivity index (χ3n) is 4.07. The molecule has 0 aliphatic carbocycles. The Hall–Kier alpha value is -3.81. The highest BCUT2D eigenvalue weighted by molar-refractivity contribution is 5.98. The molecule has 0 saturated heterocycles. The summed E-state index contributed by atoms with van der Waals surface area (Å²) in [6.07, 6.45) is 2.94. The van der Waals surface area contributed by atoms with Crippen molar-refractivity contribution < 1.29 is 23.9 Å². The minimum Gasteiger partial charge on any atom is -0.454 e. The molecule has 0 atom stereocenters. The van der Waals surface area contributed by atoms with E-state index in [1.54, 1.807) is 62.6 Å². The maximum atomic E-state index is 12.0. The zero-order valence-corrected chi connectivity index (χ0v) is 16.1. The summed E-state index contributed by atoms with van der Waals surface area (Å²) in [6.45, 7) is -0.0162. The Labute approximate surface area is 168 Å². The zero-order chi connectivity index (χ0) is 20.8. The third-order valence-corrected chi connectivity index (χ3v) is 4.07. The summed E-state index contributed by atoms with van der Waals surface area (Å²) >= 11 is 0. The lowest BCUT2D eigenvalue weighted by Gasteiger charge is -2.09. The molecule has 1 aliphatic heterocycles. The molecular formula is C21H21N3O5. The van der Waals surface area contributed by atoms with Crippen molar-refractivity contribution in [2.45, 2.75) is 0 Å². The van der Waals surface area contributed by atoms with Gasteiger partial charge in [-0.1, -0.05) is 12.1 Å². The molecule has 1 heterocycles. The van der Waals surface area contributed by atoms with E-state index in [9.17, 15) is 14.4 Å². The van der Waals surface area contributed by atoms with E-state index in [1.807, 2.05) is 0 Å². The van der Waals surface area contributed by atoms with Crippen molar-refractivity contribution in [2.24, 2.45) is 0 Å². The van der Waals surface area contributed by atoms with Crippen LogP contribution in [0.2, 0.25) is 0 Å². The van der Waals surface area contributed by atoms with Crippen LogP contribution < -0.4 is 20.1 Å². The second kappa shape index (κ2) is 8.92. The van der Waals surface area contributed by atoms with Gasteiger partial charge in [-0.25, -0.2) is 0 Å². The second-order valence-corrected chi connectivity index (χ2v) is 6.49. The smallest absolute Gasteiger partial charge is 0.253 e. The summed E-state index contributed by atoms with van der Waals surface area (Å²) in [6, 6.07) is 11.9. The molecule has 2 N–H and O–H groups in total. The lowest BCUT2D eigenvalue weighted by molar-refractivity contribution is -0.121. The van der Waals surface area contributed by atoms with Gasteiger partial charge in [0, 0.05) is 37.5 Å². The quantitative estimate of drug-likeness (QED) is 0.728. The Morgan fingerprint density at radius 2 is 1.76 bits per heavy atom. The number of ether oxygens (including phenoxy) is 2. The lowest BCUT2D eigenvalue weighted by atomic mass is 10.1. The maximum absolute atomic E-state index is 12.0. The number of nitrogens with one attached hydrogen (secondary N) is 2. The van der Waals surface area contributed by atoms with Crippen LogP contribution in [-0.2, 0) is 9.59 Å². The molecule has 0 radical (unpaired) electrons. The van der Waals surface area contributed by atoms with E-state index in [1.165, 1.54) is 11.0 Å². The van der Waals surface area contributed by atoms with Gasteiger partial charge in [-0.2, -0.15) is 0 Å². The molecule has 3 rings (SSSR count). The molecule has 0 spiro atoms. The van der Waals surface area contributed by atoms with E-state index in [4.69, 9.17) is 9.47 Å². The number of fused-ring (bicyclic) bond motifs is 1. The molecule has 2 aromatic carbocycles. The molecule has 8 nitrogen and oxygen atoms in total. The Balaban J connectivity index is 1.46. The monoisotopic (exact) mass is 395 g/mol. The molecule has 8 heteroatoms. The van der Waals surface area contributed by atoms with Crippen LogP contribution in [0.4, 0.5) is 5.69 Å². The van der Waals surface area contributed by atoms with Gasteiger partial charge in [0.1, 0.15) is 0 Å². The standard InChI is InChI=1S/C21H21N3O5/c1-24(2)21(27)15-6-3-14(4-7-15)5-10-19(25)22-12-20(26)23-16-8-9-17-18(11-16)29-13-28-17/h3-11H,12-13H2,1-2H3,(H,22,25)(H,23,26)/b10-5+. The summed E-state index contributed by atoms with van der Waals surface area (Å²) in [7, 11) is 3.37. The molecule has 0 unspecified atom stereocenters. The highest BCUT2D eigenvalue weighted by atomic mass is 16.7. The Kier molecular flexibility index (Phi) is 6.13. The van der Waals surface area contributed by atoms with Crippen LogP contribution in [0.3, 0.4) is 0 Å². The fraction of sp³-hybridized carbons (Fsp3) is 0.190. The van der Waals surface area contributed by atoms with Gasteiger partial charge in [-0.05, 0) is 35.9 Å². The van der Waals surface area contributed by atoms with Gasteiger partial charge in [-0.15, -0.1) is 0 Å². The first-order valence-electron chi connectivity index (χ1n) is 8.89. The zero-order valence-electron chi connectivity index (χ0n) is 16.1. The molecule has 29 heavy (non-hydrogen) atoms. The van der Waals surface area contributed by atoms with Gasteiger partial charge >= 0.3 is 0 Å². The first kappa shape index (κ1) is 19.9. The van der Waals surface area contributed by atoms with Crippen LogP contribution >= 0.6 is 0 Å². The Bertz CT molecular complexity index is 951. The van der Waals surface area contributed by atoms with Crippen LogP contribution in [0.5, 0.6) is 11.5 Å². The van der Waals surface area contributed by atoms with E-state index in [0.29, 0.717) is 22.7 Å². The molecule has 1 aliphatic rings. The average molecular weight is 395 g/mol. The molecule has 0 fully saturated rings. The minimum atomic E-state index is -0.403. The van der Waals surface area contributed by atoms with Crippen LogP contribution in [0, 0.1) is 0 Å². The fourth-order valence-electron chi connectivity index (χ4n) is 2.57. The topological polar surface area (TPSA) is 97.0 Å². The highest BCUT2D eigenvalue weighted by Gasteiger charge is 2.14. The van der Waals surface area contributed by atoms with Gasteiger partial charge in [0.15, 0.2) is 11.5 Å². The summed E-state index contributed by atoms with van der Waals surface area (Å²) in [5.41, 5.74) is 1.88. The van der Waals surface area contributed by atoms with Gasteiger partial charge in [0.2, 0.25) is 18.6 Å². The van der Waals surface area contributed by atoms with E-state index in [2.05, 4.69) is 10.6 Å². The van der Waals surface area contributed by atoms with E-state index >= 15 is 0 Å². The molecule has 0 saturated carbocycles. The second-order valence-electron chi connectivity index (χ2n) is 6.49. The van der Waals surface area contributed by atoms with Crippen molar-refractivity contribution in [1.29, 1.82) is 0 Å². The van der Waals surface area contributed by atoms with Gasteiger partial charge in [0.05, 0.1) is 6.54 Å². The predicted molar refractivity (Wildman–Crippen MR) is 108 cm³/mol. The average Bonchev–Trinajstić information content (AvgIpc) is 3.18. The summed E-state index contributed by atoms with van der Waals surface area (Å²) in [4.78, 5) is 37.2. The summed E-state index contributed by atoms with van der Waals surface area (Å²) in [5, 5.41) is 5.19. The van der Waals surface area contributed by atoms with E-state index in [-0.39, 0.29) is 25.2 Å².